The zero-order valence-electron chi connectivity index (χ0n) is 9.93. The fourth-order valence-electron chi connectivity index (χ4n) is 1.54. The molecule has 18 heavy (non-hydrogen) atoms. The summed E-state index contributed by atoms with van der Waals surface area (Å²) < 4.78 is 5.65. The molecule has 0 aliphatic heterocycles. The van der Waals surface area contributed by atoms with Crippen LogP contribution in [-0.4, -0.2) is 15.0 Å². The minimum absolute atomic E-state index is 0.442. The van der Waals surface area contributed by atoms with Crippen LogP contribution in [0.4, 0.5) is 5.82 Å². The van der Waals surface area contributed by atoms with Crippen LogP contribution < -0.4 is 10.5 Å². The van der Waals surface area contributed by atoms with E-state index in [9.17, 15) is 0 Å². The monoisotopic (exact) mass is 264 g/mol. The van der Waals surface area contributed by atoms with Crippen molar-refractivity contribution in [1.29, 1.82) is 0 Å². The van der Waals surface area contributed by atoms with E-state index < -0.39 is 0 Å². The molecule has 2 N–H and O–H groups in total. The van der Waals surface area contributed by atoms with Gasteiger partial charge in [0.2, 0.25) is 5.88 Å². The molecular weight excluding hydrogens is 252 g/mol. The molecule has 2 heterocycles. The summed E-state index contributed by atoms with van der Waals surface area (Å²) in [4.78, 5) is 12.0. The first-order valence-electron chi connectivity index (χ1n) is 5.58. The van der Waals surface area contributed by atoms with E-state index in [2.05, 4.69) is 21.9 Å². The zero-order valence-corrected chi connectivity index (χ0v) is 10.7. The lowest BCUT2D eigenvalue weighted by Gasteiger charge is -2.10. The maximum atomic E-state index is 5.84. The predicted molar refractivity (Wildman–Crippen MR) is 69.8 cm³/mol. The van der Waals surface area contributed by atoms with Crippen molar-refractivity contribution in [3.8, 4) is 11.6 Å². The van der Waals surface area contributed by atoms with Crippen molar-refractivity contribution in [3.05, 3.63) is 35.4 Å². The third-order valence-electron chi connectivity index (χ3n) is 2.33. The standard InChI is InChI=1S/C12H13ClN4O/c1-2-3-10-11(14)16-7-17-12(10)18-9-4-8(13)5-15-6-9/h4-7H,2-3H2,1H3,(H2,14,16,17). The third-order valence-corrected chi connectivity index (χ3v) is 2.54. The first kappa shape index (κ1) is 12.6. The van der Waals surface area contributed by atoms with E-state index in [1.165, 1.54) is 12.5 Å². The van der Waals surface area contributed by atoms with E-state index in [0.29, 0.717) is 22.5 Å². The molecule has 0 aliphatic rings. The van der Waals surface area contributed by atoms with Gasteiger partial charge in [-0.15, -0.1) is 0 Å². The van der Waals surface area contributed by atoms with Crippen molar-refractivity contribution < 1.29 is 4.74 Å². The molecule has 5 nitrogen and oxygen atoms in total. The Kier molecular flexibility index (Phi) is 3.94. The largest absolute Gasteiger partial charge is 0.437 e. The van der Waals surface area contributed by atoms with Crippen LogP contribution in [-0.2, 0) is 6.42 Å². The third kappa shape index (κ3) is 2.87. The highest BCUT2D eigenvalue weighted by atomic mass is 35.5. The Balaban J connectivity index is 2.31. The number of aromatic nitrogens is 3. The molecule has 94 valence electrons. The summed E-state index contributed by atoms with van der Waals surface area (Å²) in [6.45, 7) is 2.05. The normalized spacial score (nSPS) is 10.3. The Hall–Kier alpha value is -1.88. The number of nitrogen functional groups attached to an aromatic ring is 1. The highest BCUT2D eigenvalue weighted by molar-refractivity contribution is 6.30. The van der Waals surface area contributed by atoms with E-state index in [0.717, 1.165) is 18.4 Å². The Labute approximate surface area is 110 Å². The van der Waals surface area contributed by atoms with Crippen molar-refractivity contribution in [1.82, 2.24) is 15.0 Å². The molecule has 0 aromatic carbocycles. The molecule has 0 saturated carbocycles. The van der Waals surface area contributed by atoms with Crippen LogP contribution in [0.25, 0.3) is 0 Å². The molecule has 0 amide bonds. The molecule has 0 bridgehead atoms. The minimum atomic E-state index is 0.442. The molecule has 2 rings (SSSR count). The lowest BCUT2D eigenvalue weighted by Crippen LogP contribution is -2.02. The Bertz CT molecular complexity index is 547. The van der Waals surface area contributed by atoms with E-state index in [-0.39, 0.29) is 0 Å². The van der Waals surface area contributed by atoms with Crippen LogP contribution in [0.1, 0.15) is 18.9 Å². The number of rotatable bonds is 4. The number of pyridine rings is 1. The number of anilines is 1. The number of nitrogens with zero attached hydrogens (tertiary/aromatic N) is 3. The lowest BCUT2D eigenvalue weighted by atomic mass is 10.2. The number of nitrogens with two attached hydrogens (primary N) is 1. The molecule has 0 aliphatic carbocycles. The Morgan fingerprint density at radius 3 is 2.89 bits per heavy atom. The molecule has 0 atom stereocenters. The van der Waals surface area contributed by atoms with Gasteiger partial charge >= 0.3 is 0 Å². The summed E-state index contributed by atoms with van der Waals surface area (Å²) in [7, 11) is 0. The fourth-order valence-corrected chi connectivity index (χ4v) is 1.71. The lowest BCUT2D eigenvalue weighted by molar-refractivity contribution is 0.452. The maximum Gasteiger partial charge on any atom is 0.227 e. The van der Waals surface area contributed by atoms with Gasteiger partial charge in [-0.05, 0) is 6.42 Å². The van der Waals surface area contributed by atoms with Gasteiger partial charge in [0.1, 0.15) is 17.9 Å². The van der Waals surface area contributed by atoms with Crippen molar-refractivity contribution in [3.63, 3.8) is 0 Å². The molecule has 0 spiro atoms. The van der Waals surface area contributed by atoms with Crippen molar-refractivity contribution in [2.24, 2.45) is 0 Å². The second-order valence-corrected chi connectivity index (χ2v) is 4.17. The average molecular weight is 265 g/mol. The number of ether oxygens (including phenoxy) is 1. The van der Waals surface area contributed by atoms with Gasteiger partial charge in [-0.1, -0.05) is 24.9 Å². The molecule has 2 aromatic rings. The zero-order chi connectivity index (χ0) is 13.0. The van der Waals surface area contributed by atoms with Gasteiger partial charge in [0.15, 0.2) is 0 Å². The van der Waals surface area contributed by atoms with Crippen LogP contribution in [0.2, 0.25) is 5.02 Å². The van der Waals surface area contributed by atoms with Gasteiger partial charge in [-0.3, -0.25) is 4.98 Å². The highest BCUT2D eigenvalue weighted by Crippen LogP contribution is 2.27. The van der Waals surface area contributed by atoms with Gasteiger partial charge < -0.3 is 10.5 Å². The molecule has 0 unspecified atom stereocenters. The number of hydrogen-bond acceptors (Lipinski definition) is 5. The fraction of sp³-hybridized carbons (Fsp3) is 0.250. The van der Waals surface area contributed by atoms with Crippen LogP contribution >= 0.6 is 11.6 Å². The molecular formula is C12H13ClN4O. The first-order valence-corrected chi connectivity index (χ1v) is 5.96. The second-order valence-electron chi connectivity index (χ2n) is 3.73. The number of halogens is 1. The first-order chi connectivity index (χ1) is 8.70. The van der Waals surface area contributed by atoms with Crippen LogP contribution in [0.3, 0.4) is 0 Å². The van der Waals surface area contributed by atoms with Crippen molar-refractivity contribution in [2.45, 2.75) is 19.8 Å². The van der Waals surface area contributed by atoms with E-state index in [1.807, 2.05) is 0 Å². The predicted octanol–water partition coefficient (Wildman–Crippen LogP) is 2.85. The van der Waals surface area contributed by atoms with Crippen LogP contribution in [0.15, 0.2) is 24.8 Å². The Morgan fingerprint density at radius 1 is 1.33 bits per heavy atom. The topological polar surface area (TPSA) is 73.9 Å². The molecule has 0 fully saturated rings. The summed E-state index contributed by atoms with van der Waals surface area (Å²) in [5.74, 6) is 1.42. The molecule has 0 radical (unpaired) electrons. The van der Waals surface area contributed by atoms with Gasteiger partial charge in [-0.2, -0.15) is 0 Å². The summed E-state index contributed by atoms with van der Waals surface area (Å²) in [5, 5.41) is 0.506. The van der Waals surface area contributed by atoms with E-state index >= 15 is 0 Å². The molecule has 2 aromatic heterocycles. The number of hydrogen-bond donors (Lipinski definition) is 1. The quantitative estimate of drug-likeness (QED) is 0.919. The summed E-state index contributed by atoms with van der Waals surface area (Å²) in [6.07, 6.45) is 6.18. The van der Waals surface area contributed by atoms with E-state index in [4.69, 9.17) is 22.1 Å². The van der Waals surface area contributed by atoms with Gasteiger partial charge in [0.25, 0.3) is 0 Å². The minimum Gasteiger partial charge on any atom is -0.437 e. The maximum absolute atomic E-state index is 5.84. The van der Waals surface area contributed by atoms with E-state index in [1.54, 1.807) is 12.3 Å². The molecule has 6 heteroatoms. The highest BCUT2D eigenvalue weighted by Gasteiger charge is 2.10. The second kappa shape index (κ2) is 5.64. The molecule has 0 saturated heterocycles. The smallest absolute Gasteiger partial charge is 0.227 e. The average Bonchev–Trinajstić information content (AvgIpc) is 2.34. The van der Waals surface area contributed by atoms with Crippen LogP contribution in [0.5, 0.6) is 11.6 Å². The SMILES string of the molecule is CCCc1c(N)ncnc1Oc1cncc(Cl)c1. The Morgan fingerprint density at radius 2 is 2.17 bits per heavy atom. The summed E-state index contributed by atoms with van der Waals surface area (Å²) >= 11 is 5.84. The van der Waals surface area contributed by atoms with Crippen LogP contribution in [0, 0.1) is 0 Å². The van der Waals surface area contributed by atoms with Gasteiger partial charge in [-0.25, -0.2) is 9.97 Å². The van der Waals surface area contributed by atoms with Crippen molar-refractivity contribution in [2.75, 3.05) is 5.73 Å². The van der Waals surface area contributed by atoms with Crippen molar-refractivity contribution >= 4 is 17.4 Å². The van der Waals surface area contributed by atoms with Gasteiger partial charge in [0, 0.05) is 12.3 Å². The summed E-state index contributed by atoms with van der Waals surface area (Å²) in [5.41, 5.74) is 6.62. The van der Waals surface area contributed by atoms with Gasteiger partial charge in [0.05, 0.1) is 16.8 Å². The summed E-state index contributed by atoms with van der Waals surface area (Å²) in [6, 6.07) is 1.67.